The van der Waals surface area contributed by atoms with Crippen LogP contribution < -0.4 is 19.7 Å². The van der Waals surface area contributed by atoms with Crippen LogP contribution in [0.5, 0.6) is 11.5 Å². The Bertz CT molecular complexity index is 1080. The Morgan fingerprint density at radius 3 is 2.61 bits per heavy atom. The molecule has 0 aliphatic carbocycles. The van der Waals surface area contributed by atoms with E-state index in [1.54, 1.807) is 24.3 Å². The van der Waals surface area contributed by atoms with E-state index in [9.17, 15) is 9.59 Å². The quantitative estimate of drug-likeness (QED) is 0.387. The monoisotopic (exact) mass is 458 g/mol. The fourth-order valence-corrected chi connectivity index (χ4v) is 3.62. The fraction of sp³-hybridized carbons (Fsp3) is 0.261. The molecule has 1 atom stereocenters. The Labute approximate surface area is 191 Å². The number of thiocarbonyl (C=S) groups is 1. The van der Waals surface area contributed by atoms with E-state index in [0.717, 1.165) is 12.0 Å². The van der Waals surface area contributed by atoms with Crippen LogP contribution in [-0.2, 0) is 9.59 Å². The highest BCUT2D eigenvalue weighted by Gasteiger charge is 2.35. The number of amides is 2. The molecule has 0 saturated carbocycles. The predicted molar refractivity (Wildman–Crippen MR) is 126 cm³/mol. The van der Waals surface area contributed by atoms with E-state index in [1.807, 2.05) is 32.9 Å². The van der Waals surface area contributed by atoms with E-state index in [0.29, 0.717) is 27.8 Å². The third-order valence-electron chi connectivity index (χ3n) is 4.91. The molecule has 8 heteroatoms. The van der Waals surface area contributed by atoms with Gasteiger partial charge in [-0.2, -0.15) is 0 Å². The van der Waals surface area contributed by atoms with Crippen LogP contribution in [0.4, 0.5) is 5.69 Å². The van der Waals surface area contributed by atoms with Crippen LogP contribution in [0.2, 0.25) is 5.02 Å². The molecular weight excluding hydrogens is 436 g/mol. The first kappa shape index (κ1) is 22.8. The third kappa shape index (κ3) is 4.73. The van der Waals surface area contributed by atoms with Gasteiger partial charge in [0.15, 0.2) is 16.6 Å². The van der Waals surface area contributed by atoms with E-state index < -0.39 is 11.8 Å². The number of nitrogens with one attached hydrogen (secondary N) is 1. The van der Waals surface area contributed by atoms with Crippen molar-refractivity contribution in [1.82, 2.24) is 5.32 Å². The van der Waals surface area contributed by atoms with Crippen LogP contribution in [0.15, 0.2) is 42.0 Å². The Hall–Kier alpha value is -2.90. The summed E-state index contributed by atoms with van der Waals surface area (Å²) in [7, 11) is 1.50. The Kier molecular flexibility index (Phi) is 6.97. The van der Waals surface area contributed by atoms with Crippen LogP contribution >= 0.6 is 23.8 Å². The summed E-state index contributed by atoms with van der Waals surface area (Å²) < 4.78 is 11.3. The molecule has 2 amide bonds. The zero-order chi connectivity index (χ0) is 22.7. The maximum absolute atomic E-state index is 13.2. The van der Waals surface area contributed by atoms with Crippen LogP contribution in [0.25, 0.3) is 6.08 Å². The second kappa shape index (κ2) is 9.49. The first-order valence-electron chi connectivity index (χ1n) is 9.78. The largest absolute Gasteiger partial charge is 0.493 e. The number of rotatable bonds is 6. The number of carbonyl (C=O) groups excluding carboxylic acids is 2. The highest BCUT2D eigenvalue weighted by Crippen LogP contribution is 2.38. The Morgan fingerprint density at radius 1 is 1.26 bits per heavy atom. The lowest BCUT2D eigenvalue weighted by molar-refractivity contribution is -0.122. The lowest BCUT2D eigenvalue weighted by Gasteiger charge is -2.30. The molecular formula is C23H23ClN2O4S. The average Bonchev–Trinajstić information content (AvgIpc) is 2.73. The lowest BCUT2D eigenvalue weighted by atomic mass is 10.1. The third-order valence-corrected chi connectivity index (χ3v) is 5.48. The number of benzene rings is 2. The molecule has 0 unspecified atom stereocenters. The van der Waals surface area contributed by atoms with Gasteiger partial charge in [-0.15, -0.1) is 0 Å². The molecule has 6 nitrogen and oxygen atoms in total. The standard InChI is InChI=1S/C23H23ClN2O4S/c1-5-14(3)30-20-17(24)11-15(12-19(20)29-4)10-16-21(27)25-23(31)26(22(16)28)18-9-7-6-8-13(18)2/h6-12,14H,5H2,1-4H3,(H,25,27,31)/b16-10+/t14-/m1/s1. The molecule has 0 radical (unpaired) electrons. The summed E-state index contributed by atoms with van der Waals surface area (Å²) in [5.41, 5.74) is 1.92. The molecule has 1 saturated heterocycles. The van der Waals surface area contributed by atoms with Crippen molar-refractivity contribution in [2.24, 2.45) is 0 Å². The van der Waals surface area contributed by atoms with Gasteiger partial charge >= 0.3 is 0 Å². The first-order valence-corrected chi connectivity index (χ1v) is 10.6. The molecule has 0 aromatic heterocycles. The van der Waals surface area contributed by atoms with Crippen molar-refractivity contribution in [1.29, 1.82) is 0 Å². The molecule has 2 aromatic carbocycles. The summed E-state index contributed by atoms with van der Waals surface area (Å²) in [4.78, 5) is 27.1. The average molecular weight is 459 g/mol. The van der Waals surface area contributed by atoms with Crippen molar-refractivity contribution >= 4 is 52.5 Å². The number of anilines is 1. The minimum Gasteiger partial charge on any atom is -0.493 e. The smallest absolute Gasteiger partial charge is 0.270 e. The van der Waals surface area contributed by atoms with Gasteiger partial charge in [0, 0.05) is 0 Å². The van der Waals surface area contributed by atoms with Crippen LogP contribution in [-0.4, -0.2) is 30.1 Å². The zero-order valence-electron chi connectivity index (χ0n) is 17.7. The van der Waals surface area contributed by atoms with E-state index in [2.05, 4.69) is 5.32 Å². The summed E-state index contributed by atoms with van der Waals surface area (Å²) in [5, 5.41) is 2.94. The van der Waals surface area contributed by atoms with E-state index >= 15 is 0 Å². The molecule has 1 fully saturated rings. The minimum atomic E-state index is -0.574. The second-order valence-electron chi connectivity index (χ2n) is 7.12. The van der Waals surface area contributed by atoms with Gasteiger partial charge in [0.2, 0.25) is 0 Å². The Balaban J connectivity index is 2.03. The molecule has 162 valence electrons. The van der Waals surface area contributed by atoms with Crippen molar-refractivity contribution < 1.29 is 19.1 Å². The van der Waals surface area contributed by atoms with Crippen LogP contribution in [0.1, 0.15) is 31.4 Å². The van der Waals surface area contributed by atoms with Gasteiger partial charge < -0.3 is 9.47 Å². The molecule has 1 aliphatic rings. The predicted octanol–water partition coefficient (Wildman–Crippen LogP) is 4.67. The molecule has 3 rings (SSSR count). The first-order chi connectivity index (χ1) is 14.8. The van der Waals surface area contributed by atoms with Crippen molar-refractivity contribution in [3.63, 3.8) is 0 Å². The van der Waals surface area contributed by atoms with Crippen molar-refractivity contribution in [3.8, 4) is 11.5 Å². The van der Waals surface area contributed by atoms with Crippen molar-refractivity contribution in [3.05, 3.63) is 58.1 Å². The molecule has 0 spiro atoms. The molecule has 31 heavy (non-hydrogen) atoms. The lowest BCUT2D eigenvalue weighted by Crippen LogP contribution is -2.54. The fourth-order valence-electron chi connectivity index (χ4n) is 3.08. The molecule has 2 aromatic rings. The van der Waals surface area contributed by atoms with Crippen LogP contribution in [0, 0.1) is 6.92 Å². The summed E-state index contributed by atoms with van der Waals surface area (Å²) in [6, 6.07) is 10.6. The zero-order valence-corrected chi connectivity index (χ0v) is 19.3. The van der Waals surface area contributed by atoms with Gasteiger partial charge in [-0.3, -0.25) is 19.8 Å². The number of carbonyl (C=O) groups is 2. The van der Waals surface area contributed by atoms with Crippen molar-refractivity contribution in [2.75, 3.05) is 12.0 Å². The molecule has 1 N–H and O–H groups in total. The minimum absolute atomic E-state index is 0.0364. The summed E-state index contributed by atoms with van der Waals surface area (Å²) in [5.74, 6) is -0.259. The number of methoxy groups -OCH3 is 1. The maximum atomic E-state index is 13.2. The van der Waals surface area contributed by atoms with Gasteiger partial charge in [-0.1, -0.05) is 36.7 Å². The number of nitrogens with zero attached hydrogens (tertiary/aromatic N) is 1. The maximum Gasteiger partial charge on any atom is 0.270 e. The van der Waals surface area contributed by atoms with E-state index in [4.69, 9.17) is 33.3 Å². The number of halogens is 1. The summed E-state index contributed by atoms with van der Waals surface area (Å²) in [6.45, 7) is 5.80. The van der Waals surface area contributed by atoms with Crippen molar-refractivity contribution in [2.45, 2.75) is 33.3 Å². The number of aryl methyl sites for hydroxylation is 1. The Morgan fingerprint density at radius 2 is 1.97 bits per heavy atom. The molecule has 0 bridgehead atoms. The second-order valence-corrected chi connectivity index (χ2v) is 7.91. The van der Waals surface area contributed by atoms with Gasteiger partial charge in [-0.25, -0.2) is 0 Å². The highest BCUT2D eigenvalue weighted by atomic mass is 35.5. The number of ether oxygens (including phenoxy) is 2. The van der Waals surface area contributed by atoms with Gasteiger partial charge in [-0.05, 0) is 67.9 Å². The number of hydrogen-bond acceptors (Lipinski definition) is 5. The van der Waals surface area contributed by atoms with Gasteiger partial charge in [0.05, 0.1) is 23.9 Å². The molecule has 1 aliphatic heterocycles. The SMILES string of the molecule is CC[C@@H](C)Oc1c(Cl)cc(/C=C2\C(=O)NC(=S)N(c3ccccc3C)C2=O)cc1OC. The van der Waals surface area contributed by atoms with E-state index in [-0.39, 0.29) is 16.8 Å². The molecule has 1 heterocycles. The van der Waals surface area contributed by atoms with Gasteiger partial charge in [0.1, 0.15) is 5.57 Å². The summed E-state index contributed by atoms with van der Waals surface area (Å²) >= 11 is 11.7. The summed E-state index contributed by atoms with van der Waals surface area (Å²) in [6.07, 6.45) is 2.21. The normalized spacial score (nSPS) is 16.4. The topological polar surface area (TPSA) is 67.9 Å². The number of para-hydroxylation sites is 1. The van der Waals surface area contributed by atoms with E-state index in [1.165, 1.54) is 18.1 Å². The highest BCUT2D eigenvalue weighted by molar-refractivity contribution is 7.80. The van der Waals surface area contributed by atoms with Crippen LogP contribution in [0.3, 0.4) is 0 Å². The number of hydrogen-bond donors (Lipinski definition) is 1. The van der Waals surface area contributed by atoms with Gasteiger partial charge in [0.25, 0.3) is 11.8 Å².